The molecule has 0 N–H and O–H groups in total. The van der Waals surface area contributed by atoms with Crippen molar-refractivity contribution in [3.8, 4) is 5.75 Å². The van der Waals surface area contributed by atoms with Crippen molar-refractivity contribution in [2.75, 3.05) is 12.4 Å². The largest absolute Gasteiger partial charge is 0.462 e. The summed E-state index contributed by atoms with van der Waals surface area (Å²) in [6, 6.07) is 6.17. The van der Waals surface area contributed by atoms with Crippen molar-refractivity contribution in [1.29, 1.82) is 0 Å². The summed E-state index contributed by atoms with van der Waals surface area (Å²) in [5.41, 5.74) is 1.62. The molecule has 8 heteroatoms. The van der Waals surface area contributed by atoms with Crippen molar-refractivity contribution in [3.63, 3.8) is 0 Å². The summed E-state index contributed by atoms with van der Waals surface area (Å²) < 4.78 is 10.6. The van der Waals surface area contributed by atoms with Gasteiger partial charge in [-0.2, -0.15) is 0 Å². The zero-order chi connectivity index (χ0) is 21.1. The molecule has 2 heterocycles. The number of carbonyl (C=O) groups is 3. The van der Waals surface area contributed by atoms with E-state index in [1.165, 1.54) is 18.7 Å². The lowest BCUT2D eigenvalue weighted by Gasteiger charge is -2.39. The molecule has 1 atom stereocenters. The Balaban J connectivity index is 2.02. The molecule has 2 aliphatic rings. The molecule has 1 aromatic rings. The molecular formula is C21H24N2O5S. The first-order valence-electron chi connectivity index (χ1n) is 9.47. The Morgan fingerprint density at radius 3 is 2.59 bits per heavy atom. The van der Waals surface area contributed by atoms with Crippen LogP contribution in [0, 0.1) is 5.92 Å². The van der Waals surface area contributed by atoms with Gasteiger partial charge in [0.1, 0.15) is 5.75 Å². The fourth-order valence-electron chi connectivity index (χ4n) is 3.18. The normalized spacial score (nSPS) is 19.1. The van der Waals surface area contributed by atoms with Crippen LogP contribution in [0.4, 0.5) is 0 Å². The predicted molar refractivity (Wildman–Crippen MR) is 110 cm³/mol. The molecule has 0 aliphatic carbocycles. The number of amides is 1. The van der Waals surface area contributed by atoms with Crippen LogP contribution in [-0.4, -0.2) is 40.3 Å². The summed E-state index contributed by atoms with van der Waals surface area (Å²) in [5.74, 6) is 0.272. The highest BCUT2D eigenvalue weighted by Crippen LogP contribution is 2.40. The minimum Gasteiger partial charge on any atom is -0.462 e. The molecule has 0 radical (unpaired) electrons. The van der Waals surface area contributed by atoms with Crippen molar-refractivity contribution < 1.29 is 23.9 Å². The lowest BCUT2D eigenvalue weighted by Crippen LogP contribution is -2.45. The second kappa shape index (κ2) is 8.82. The fraction of sp³-hybridized carbons (Fsp3) is 0.429. The average Bonchev–Trinajstić information content (AvgIpc) is 2.65. The van der Waals surface area contributed by atoms with Gasteiger partial charge in [0.15, 0.2) is 5.17 Å². The lowest BCUT2D eigenvalue weighted by atomic mass is 9.94. The van der Waals surface area contributed by atoms with Gasteiger partial charge < -0.3 is 9.47 Å². The van der Waals surface area contributed by atoms with Crippen molar-refractivity contribution in [2.45, 2.75) is 40.2 Å². The molecule has 29 heavy (non-hydrogen) atoms. The van der Waals surface area contributed by atoms with Crippen LogP contribution in [0.15, 0.2) is 40.5 Å². The number of allylic oxidation sites excluding steroid dienone is 1. The van der Waals surface area contributed by atoms with Crippen LogP contribution in [0.25, 0.3) is 0 Å². The van der Waals surface area contributed by atoms with Crippen LogP contribution in [0.1, 0.15) is 45.7 Å². The topological polar surface area (TPSA) is 85.3 Å². The fourth-order valence-corrected chi connectivity index (χ4v) is 4.18. The maximum atomic E-state index is 12.9. The molecule has 0 aromatic heterocycles. The molecule has 154 valence electrons. The van der Waals surface area contributed by atoms with Crippen molar-refractivity contribution in [1.82, 2.24) is 4.90 Å². The number of benzene rings is 1. The summed E-state index contributed by atoms with van der Waals surface area (Å²) in [7, 11) is 0. The molecule has 7 nitrogen and oxygen atoms in total. The summed E-state index contributed by atoms with van der Waals surface area (Å²) >= 11 is 1.50. The second-order valence-corrected chi connectivity index (χ2v) is 8.38. The Kier molecular flexibility index (Phi) is 6.42. The number of thioether (sulfide) groups is 1. The number of ether oxygens (including phenoxy) is 2. The maximum Gasteiger partial charge on any atom is 0.338 e. The third-order valence-corrected chi connectivity index (χ3v) is 5.39. The molecule has 1 aromatic carbocycles. The Hall–Kier alpha value is -2.61. The van der Waals surface area contributed by atoms with E-state index in [0.29, 0.717) is 34.4 Å². The van der Waals surface area contributed by atoms with Crippen molar-refractivity contribution >= 4 is 34.8 Å². The van der Waals surface area contributed by atoms with Gasteiger partial charge >= 0.3 is 11.9 Å². The molecule has 1 fully saturated rings. The van der Waals surface area contributed by atoms with E-state index in [0.717, 1.165) is 5.56 Å². The third kappa shape index (κ3) is 4.70. The molecule has 0 saturated carbocycles. The van der Waals surface area contributed by atoms with Gasteiger partial charge in [0.05, 0.1) is 23.9 Å². The van der Waals surface area contributed by atoms with Crippen LogP contribution < -0.4 is 4.74 Å². The van der Waals surface area contributed by atoms with Crippen LogP contribution in [0.5, 0.6) is 5.75 Å². The highest BCUT2D eigenvalue weighted by Gasteiger charge is 2.41. The molecule has 0 spiro atoms. The van der Waals surface area contributed by atoms with Crippen LogP contribution >= 0.6 is 11.8 Å². The summed E-state index contributed by atoms with van der Waals surface area (Å²) in [5, 5.41) is 0.591. The number of esters is 2. The minimum atomic E-state index is -0.631. The van der Waals surface area contributed by atoms with E-state index in [2.05, 4.69) is 4.99 Å². The van der Waals surface area contributed by atoms with Crippen LogP contribution in [0.3, 0.4) is 0 Å². The quantitative estimate of drug-likeness (QED) is 0.540. The zero-order valence-corrected chi connectivity index (χ0v) is 17.7. The van der Waals surface area contributed by atoms with E-state index in [-0.39, 0.29) is 18.4 Å². The predicted octanol–water partition coefficient (Wildman–Crippen LogP) is 3.46. The van der Waals surface area contributed by atoms with Gasteiger partial charge in [-0.25, -0.2) is 9.79 Å². The Morgan fingerprint density at radius 2 is 1.97 bits per heavy atom. The van der Waals surface area contributed by atoms with Gasteiger partial charge in [-0.05, 0) is 30.5 Å². The standard InChI is InChI=1S/C21H24N2O5S/c1-12(2)11-27-20(26)18-13(3)22-21-23(17(25)9-10-29-21)19(18)15-5-7-16(8-6-15)28-14(4)24/h5-8,12,19H,9-11H2,1-4H3/t19-/m0/s1. The van der Waals surface area contributed by atoms with Crippen LogP contribution in [-0.2, 0) is 19.1 Å². The first kappa shape index (κ1) is 21.1. The van der Waals surface area contributed by atoms with Crippen molar-refractivity contribution in [2.24, 2.45) is 10.9 Å². The first-order valence-corrected chi connectivity index (χ1v) is 10.5. The first-order chi connectivity index (χ1) is 13.8. The molecule has 1 saturated heterocycles. The maximum absolute atomic E-state index is 12.9. The van der Waals surface area contributed by atoms with E-state index >= 15 is 0 Å². The van der Waals surface area contributed by atoms with E-state index in [4.69, 9.17) is 9.47 Å². The van der Waals surface area contributed by atoms with E-state index in [1.807, 2.05) is 13.8 Å². The number of fused-ring (bicyclic) bond motifs is 1. The smallest absolute Gasteiger partial charge is 0.338 e. The Morgan fingerprint density at radius 1 is 1.28 bits per heavy atom. The number of hydrogen-bond donors (Lipinski definition) is 0. The monoisotopic (exact) mass is 416 g/mol. The van der Waals surface area contributed by atoms with Gasteiger partial charge in [0.25, 0.3) is 0 Å². The summed E-state index contributed by atoms with van der Waals surface area (Å²) in [6.45, 7) is 7.29. The third-order valence-electron chi connectivity index (χ3n) is 4.43. The van der Waals surface area contributed by atoms with Crippen molar-refractivity contribution in [3.05, 3.63) is 41.1 Å². The van der Waals surface area contributed by atoms with Gasteiger partial charge in [-0.3, -0.25) is 14.5 Å². The van der Waals surface area contributed by atoms with Gasteiger partial charge in [-0.15, -0.1) is 0 Å². The van der Waals surface area contributed by atoms with E-state index in [1.54, 1.807) is 36.1 Å². The second-order valence-electron chi connectivity index (χ2n) is 7.31. The SMILES string of the molecule is CC(=O)Oc1ccc([C@H]2C(C(=O)OCC(C)C)=C(C)N=C3SCCC(=O)N32)cc1. The molecule has 3 rings (SSSR count). The molecular weight excluding hydrogens is 392 g/mol. The van der Waals surface area contributed by atoms with Gasteiger partial charge in [0.2, 0.25) is 5.91 Å². The average molecular weight is 416 g/mol. The van der Waals surface area contributed by atoms with Crippen LogP contribution in [0.2, 0.25) is 0 Å². The van der Waals surface area contributed by atoms with Gasteiger partial charge in [0, 0.05) is 19.1 Å². The lowest BCUT2D eigenvalue weighted by molar-refractivity contribution is -0.141. The number of amidine groups is 1. The number of aliphatic imine (C=N–C) groups is 1. The van der Waals surface area contributed by atoms with Gasteiger partial charge in [-0.1, -0.05) is 37.7 Å². The molecule has 0 unspecified atom stereocenters. The highest BCUT2D eigenvalue weighted by molar-refractivity contribution is 8.14. The molecule has 0 bridgehead atoms. The Bertz CT molecular complexity index is 889. The molecule has 1 amide bonds. The van der Waals surface area contributed by atoms with E-state index < -0.39 is 18.0 Å². The minimum absolute atomic E-state index is 0.0850. The summed E-state index contributed by atoms with van der Waals surface area (Å²) in [4.78, 5) is 42.9. The number of rotatable bonds is 5. The molecule has 2 aliphatic heterocycles. The zero-order valence-electron chi connectivity index (χ0n) is 16.9. The summed E-state index contributed by atoms with van der Waals surface area (Å²) in [6.07, 6.45) is 0.374. The number of carbonyl (C=O) groups excluding carboxylic acids is 3. The number of hydrogen-bond acceptors (Lipinski definition) is 7. The van der Waals surface area contributed by atoms with E-state index in [9.17, 15) is 14.4 Å². The number of nitrogens with zero attached hydrogens (tertiary/aromatic N) is 2. The highest BCUT2D eigenvalue weighted by atomic mass is 32.2. The Labute approximate surface area is 174 Å².